The summed E-state index contributed by atoms with van der Waals surface area (Å²) in [4.78, 5) is 23.1. The van der Waals surface area contributed by atoms with Gasteiger partial charge < -0.3 is 10.1 Å². The van der Waals surface area contributed by atoms with E-state index in [9.17, 15) is 9.59 Å². The molecule has 0 aliphatic rings. The molecule has 106 valence electrons. The number of rotatable bonds is 6. The van der Waals surface area contributed by atoms with Crippen LogP contribution in [0.1, 0.15) is 24.2 Å². The van der Waals surface area contributed by atoms with Crippen LogP contribution in [0.5, 0.6) is 0 Å². The van der Waals surface area contributed by atoms with Crippen molar-refractivity contribution >= 4 is 17.6 Å². The summed E-state index contributed by atoms with van der Waals surface area (Å²) in [6.45, 7) is 4.06. The van der Waals surface area contributed by atoms with Gasteiger partial charge in [-0.25, -0.2) is 4.79 Å². The zero-order chi connectivity index (χ0) is 15.0. The van der Waals surface area contributed by atoms with Crippen molar-refractivity contribution in [2.24, 2.45) is 0 Å². The van der Waals surface area contributed by atoms with E-state index in [1.165, 1.54) is 0 Å². The lowest BCUT2D eigenvalue weighted by Crippen LogP contribution is -2.28. The van der Waals surface area contributed by atoms with Gasteiger partial charge in [-0.1, -0.05) is 5.92 Å². The van der Waals surface area contributed by atoms with Crippen molar-refractivity contribution in [3.05, 3.63) is 29.8 Å². The van der Waals surface area contributed by atoms with Crippen LogP contribution < -0.4 is 10.6 Å². The van der Waals surface area contributed by atoms with Crippen LogP contribution >= 0.6 is 0 Å². The Morgan fingerprint density at radius 3 is 2.50 bits per heavy atom. The highest BCUT2D eigenvalue weighted by Gasteiger charge is 2.09. The maximum Gasteiger partial charge on any atom is 0.338 e. The van der Waals surface area contributed by atoms with Crippen molar-refractivity contribution in [3.8, 4) is 12.3 Å². The lowest BCUT2D eigenvalue weighted by atomic mass is 10.2. The molecule has 2 N–H and O–H groups in total. The van der Waals surface area contributed by atoms with Gasteiger partial charge in [0, 0.05) is 5.69 Å². The summed E-state index contributed by atoms with van der Waals surface area (Å²) in [5.41, 5.74) is 1.06. The quantitative estimate of drug-likeness (QED) is 0.467. The molecular formula is C15H18N2O3. The van der Waals surface area contributed by atoms with Crippen LogP contribution in [-0.4, -0.2) is 31.1 Å². The van der Waals surface area contributed by atoms with E-state index in [1.807, 2.05) is 0 Å². The third kappa shape index (κ3) is 5.55. The van der Waals surface area contributed by atoms with Crippen LogP contribution in [0.2, 0.25) is 0 Å². The summed E-state index contributed by atoms with van der Waals surface area (Å²) < 4.78 is 5.07. The average Bonchev–Trinajstić information content (AvgIpc) is 2.39. The highest BCUT2D eigenvalue weighted by molar-refractivity contribution is 5.94. The van der Waals surface area contributed by atoms with Gasteiger partial charge in [0.1, 0.15) is 0 Å². The predicted octanol–water partition coefficient (Wildman–Crippen LogP) is 1.41. The highest BCUT2D eigenvalue weighted by atomic mass is 16.5. The number of nitrogens with one attached hydrogen (secondary N) is 2. The fraction of sp³-hybridized carbons (Fsp3) is 0.333. The van der Waals surface area contributed by atoms with Crippen molar-refractivity contribution in [3.63, 3.8) is 0 Å². The molecule has 0 bridgehead atoms. The molecule has 0 unspecified atom stereocenters. The summed E-state index contributed by atoms with van der Waals surface area (Å²) in [6, 6.07) is 6.51. The fourth-order valence-corrected chi connectivity index (χ4v) is 1.43. The minimum atomic E-state index is -0.381. The van der Waals surface area contributed by atoms with E-state index < -0.39 is 0 Å². The number of amides is 1. The number of ether oxygens (including phenoxy) is 1. The standard InChI is InChI=1S/C15H18N2O3/c1-4-9-16-10-14(18)17-13-7-5-12(6-8-13)15(19)20-11(2)3/h1,5-8,11,16H,9-10H2,2-3H3,(H,17,18). The van der Waals surface area contributed by atoms with E-state index in [4.69, 9.17) is 11.2 Å². The number of hydrogen-bond donors (Lipinski definition) is 2. The molecule has 0 aliphatic heterocycles. The zero-order valence-electron chi connectivity index (χ0n) is 11.6. The van der Waals surface area contributed by atoms with Gasteiger partial charge in [-0.3, -0.25) is 10.1 Å². The molecule has 0 radical (unpaired) electrons. The smallest absolute Gasteiger partial charge is 0.338 e. The second-order valence-electron chi connectivity index (χ2n) is 4.39. The summed E-state index contributed by atoms with van der Waals surface area (Å²) >= 11 is 0. The van der Waals surface area contributed by atoms with Crippen LogP contribution in [0.15, 0.2) is 24.3 Å². The molecule has 0 saturated carbocycles. The molecule has 0 spiro atoms. The van der Waals surface area contributed by atoms with E-state index in [0.717, 1.165) is 0 Å². The normalized spacial score (nSPS) is 9.90. The van der Waals surface area contributed by atoms with Crippen LogP contribution in [0.25, 0.3) is 0 Å². The molecule has 0 aromatic heterocycles. The fourth-order valence-electron chi connectivity index (χ4n) is 1.43. The minimum Gasteiger partial charge on any atom is -0.459 e. The number of anilines is 1. The van der Waals surface area contributed by atoms with Gasteiger partial charge in [-0.05, 0) is 38.1 Å². The Kier molecular flexibility index (Phi) is 6.27. The molecule has 1 rings (SSSR count). The molecule has 0 fully saturated rings. The first kappa shape index (κ1) is 15.7. The summed E-state index contributed by atoms with van der Waals surface area (Å²) in [6.07, 6.45) is 4.90. The van der Waals surface area contributed by atoms with Crippen molar-refractivity contribution in [2.45, 2.75) is 20.0 Å². The summed E-state index contributed by atoms with van der Waals surface area (Å²) in [7, 11) is 0. The van der Waals surface area contributed by atoms with E-state index in [2.05, 4.69) is 16.6 Å². The average molecular weight is 274 g/mol. The Labute approximate surface area is 118 Å². The molecule has 20 heavy (non-hydrogen) atoms. The molecule has 1 aromatic carbocycles. The van der Waals surface area contributed by atoms with E-state index in [-0.39, 0.29) is 24.5 Å². The monoisotopic (exact) mass is 274 g/mol. The topological polar surface area (TPSA) is 67.4 Å². The molecule has 5 heteroatoms. The maximum absolute atomic E-state index is 11.6. The number of carbonyl (C=O) groups excluding carboxylic acids is 2. The van der Waals surface area contributed by atoms with Gasteiger partial charge in [0.05, 0.1) is 24.8 Å². The Morgan fingerprint density at radius 2 is 1.95 bits per heavy atom. The van der Waals surface area contributed by atoms with Gasteiger partial charge in [-0.15, -0.1) is 6.42 Å². The second kappa shape index (κ2) is 7.97. The maximum atomic E-state index is 11.6. The van der Waals surface area contributed by atoms with E-state index in [1.54, 1.807) is 38.1 Å². The van der Waals surface area contributed by atoms with Crippen molar-refractivity contribution in [1.82, 2.24) is 5.32 Å². The molecular weight excluding hydrogens is 256 g/mol. The number of esters is 1. The largest absolute Gasteiger partial charge is 0.459 e. The lowest BCUT2D eigenvalue weighted by molar-refractivity contribution is -0.115. The van der Waals surface area contributed by atoms with Crippen LogP contribution in [0.3, 0.4) is 0 Å². The van der Waals surface area contributed by atoms with Crippen LogP contribution in [0.4, 0.5) is 5.69 Å². The van der Waals surface area contributed by atoms with Crippen LogP contribution in [0, 0.1) is 12.3 Å². The molecule has 1 amide bonds. The Bertz CT molecular complexity index is 501. The highest BCUT2D eigenvalue weighted by Crippen LogP contribution is 2.11. The molecule has 1 aromatic rings. The molecule has 0 saturated heterocycles. The van der Waals surface area contributed by atoms with Crippen LogP contribution in [-0.2, 0) is 9.53 Å². The molecule has 0 aliphatic carbocycles. The van der Waals surface area contributed by atoms with Gasteiger partial charge in [-0.2, -0.15) is 0 Å². The van der Waals surface area contributed by atoms with E-state index in [0.29, 0.717) is 17.8 Å². The van der Waals surface area contributed by atoms with Crippen molar-refractivity contribution in [1.29, 1.82) is 0 Å². The lowest BCUT2D eigenvalue weighted by Gasteiger charge is -2.09. The Hall–Kier alpha value is -2.32. The number of terminal acetylenes is 1. The SMILES string of the molecule is C#CCNCC(=O)Nc1ccc(C(=O)OC(C)C)cc1. The Balaban J connectivity index is 2.52. The molecule has 0 atom stereocenters. The van der Waals surface area contributed by atoms with Gasteiger partial charge in [0.2, 0.25) is 5.91 Å². The Morgan fingerprint density at radius 1 is 1.30 bits per heavy atom. The first-order valence-electron chi connectivity index (χ1n) is 6.28. The van der Waals surface area contributed by atoms with Gasteiger partial charge in [0.25, 0.3) is 0 Å². The van der Waals surface area contributed by atoms with Crippen molar-refractivity contribution < 1.29 is 14.3 Å². The van der Waals surface area contributed by atoms with Gasteiger partial charge >= 0.3 is 5.97 Å². The zero-order valence-corrected chi connectivity index (χ0v) is 11.6. The number of benzene rings is 1. The predicted molar refractivity (Wildman–Crippen MR) is 77.3 cm³/mol. The third-order valence-corrected chi connectivity index (χ3v) is 2.26. The number of carbonyl (C=O) groups is 2. The number of hydrogen-bond acceptors (Lipinski definition) is 4. The third-order valence-electron chi connectivity index (χ3n) is 2.26. The second-order valence-corrected chi connectivity index (χ2v) is 4.39. The first-order valence-corrected chi connectivity index (χ1v) is 6.28. The first-order chi connectivity index (χ1) is 9.52. The molecule has 0 heterocycles. The van der Waals surface area contributed by atoms with Crippen molar-refractivity contribution in [2.75, 3.05) is 18.4 Å². The summed E-state index contributed by atoms with van der Waals surface area (Å²) in [5.74, 6) is 1.80. The summed E-state index contributed by atoms with van der Waals surface area (Å²) in [5, 5.41) is 5.47. The van der Waals surface area contributed by atoms with Gasteiger partial charge in [0.15, 0.2) is 0 Å². The minimum absolute atomic E-state index is 0.140. The van der Waals surface area contributed by atoms with E-state index >= 15 is 0 Å². The molecule has 5 nitrogen and oxygen atoms in total.